The van der Waals surface area contributed by atoms with Crippen LogP contribution in [-0.2, 0) is 6.42 Å². The van der Waals surface area contributed by atoms with Gasteiger partial charge in [0.15, 0.2) is 5.96 Å². The van der Waals surface area contributed by atoms with E-state index in [2.05, 4.69) is 23.2 Å². The summed E-state index contributed by atoms with van der Waals surface area (Å²) < 4.78 is 0.868. The van der Waals surface area contributed by atoms with Crippen molar-refractivity contribution in [2.24, 2.45) is 10.4 Å². The molecule has 22 heavy (non-hydrogen) atoms. The summed E-state index contributed by atoms with van der Waals surface area (Å²) in [6.45, 7) is 6.28. The molecule has 0 aromatic carbocycles. The standard InChI is InChI=1S/C16H24ClN3S.HI/c1-2-18-15(19-10-6-13-4-5-14(17)21-13)20-11-9-16(12-20)7-3-8-16;/h4-5H,2-3,6-12H2,1H3,(H,18,19);1H. The van der Waals surface area contributed by atoms with Crippen molar-refractivity contribution in [3.8, 4) is 0 Å². The van der Waals surface area contributed by atoms with Crippen molar-refractivity contribution in [1.29, 1.82) is 0 Å². The van der Waals surface area contributed by atoms with Crippen molar-refractivity contribution in [2.45, 2.75) is 39.0 Å². The molecular formula is C16H25ClIN3S. The number of rotatable bonds is 4. The number of nitrogens with one attached hydrogen (secondary N) is 1. The van der Waals surface area contributed by atoms with Crippen LogP contribution in [0.3, 0.4) is 0 Å². The Balaban J connectivity index is 0.00000176. The molecule has 0 bridgehead atoms. The molecule has 0 unspecified atom stereocenters. The number of likely N-dealkylation sites (tertiary alicyclic amines) is 1. The van der Waals surface area contributed by atoms with Crippen molar-refractivity contribution in [1.82, 2.24) is 10.2 Å². The predicted molar refractivity (Wildman–Crippen MR) is 107 cm³/mol. The molecule has 1 N–H and O–H groups in total. The summed E-state index contributed by atoms with van der Waals surface area (Å²) in [7, 11) is 0. The van der Waals surface area contributed by atoms with Gasteiger partial charge in [-0.05, 0) is 43.7 Å². The Morgan fingerprint density at radius 2 is 2.23 bits per heavy atom. The molecule has 3 rings (SSSR count). The summed E-state index contributed by atoms with van der Waals surface area (Å²) >= 11 is 7.63. The monoisotopic (exact) mass is 453 g/mol. The number of hydrogen-bond acceptors (Lipinski definition) is 2. The van der Waals surface area contributed by atoms with Gasteiger partial charge in [0.05, 0.1) is 4.34 Å². The van der Waals surface area contributed by atoms with Crippen LogP contribution in [0.15, 0.2) is 17.1 Å². The molecule has 1 saturated heterocycles. The zero-order valence-corrected chi connectivity index (χ0v) is 17.0. The van der Waals surface area contributed by atoms with E-state index in [0.717, 1.165) is 36.4 Å². The van der Waals surface area contributed by atoms with Gasteiger partial charge < -0.3 is 10.2 Å². The van der Waals surface area contributed by atoms with Crippen molar-refractivity contribution >= 4 is 52.9 Å². The molecule has 3 nitrogen and oxygen atoms in total. The van der Waals surface area contributed by atoms with Gasteiger partial charge in [0.25, 0.3) is 0 Å². The van der Waals surface area contributed by atoms with E-state index in [4.69, 9.17) is 16.6 Å². The number of thiophene rings is 1. The summed E-state index contributed by atoms with van der Waals surface area (Å²) in [6, 6.07) is 4.08. The van der Waals surface area contributed by atoms with Crippen LogP contribution < -0.4 is 5.32 Å². The first-order chi connectivity index (χ1) is 10.2. The fourth-order valence-electron chi connectivity index (χ4n) is 3.38. The molecule has 1 aliphatic carbocycles. The molecule has 2 heterocycles. The second kappa shape index (κ2) is 8.20. The smallest absolute Gasteiger partial charge is 0.193 e. The third-order valence-corrected chi connectivity index (χ3v) is 6.03. The first kappa shape index (κ1) is 18.3. The number of guanidine groups is 1. The molecule has 0 radical (unpaired) electrons. The number of nitrogens with zero attached hydrogens (tertiary/aromatic N) is 2. The van der Waals surface area contributed by atoms with Crippen LogP contribution in [0.5, 0.6) is 0 Å². The molecule has 1 aliphatic heterocycles. The van der Waals surface area contributed by atoms with E-state index in [1.54, 1.807) is 11.3 Å². The Kier molecular flexibility index (Phi) is 6.83. The Morgan fingerprint density at radius 1 is 1.41 bits per heavy atom. The van der Waals surface area contributed by atoms with E-state index in [1.807, 2.05) is 6.07 Å². The second-order valence-corrected chi connectivity index (χ2v) is 8.02. The molecule has 2 aliphatic rings. The highest BCUT2D eigenvalue weighted by Crippen LogP contribution is 2.47. The van der Waals surface area contributed by atoms with Gasteiger partial charge in [-0.25, -0.2) is 0 Å². The van der Waals surface area contributed by atoms with E-state index in [1.165, 1.54) is 37.1 Å². The predicted octanol–water partition coefficient (Wildman–Crippen LogP) is 4.40. The van der Waals surface area contributed by atoms with Gasteiger partial charge in [-0.15, -0.1) is 35.3 Å². The van der Waals surface area contributed by atoms with Crippen LogP contribution in [-0.4, -0.2) is 37.0 Å². The summed E-state index contributed by atoms with van der Waals surface area (Å²) in [6.07, 6.45) is 6.57. The molecule has 1 aromatic heterocycles. The zero-order chi connectivity index (χ0) is 14.7. The topological polar surface area (TPSA) is 27.6 Å². The Morgan fingerprint density at radius 3 is 2.77 bits per heavy atom. The van der Waals surface area contributed by atoms with Gasteiger partial charge in [0.1, 0.15) is 0 Å². The van der Waals surface area contributed by atoms with E-state index in [0.29, 0.717) is 5.41 Å². The quantitative estimate of drug-likeness (QED) is 0.416. The van der Waals surface area contributed by atoms with Gasteiger partial charge in [-0.3, -0.25) is 4.99 Å². The van der Waals surface area contributed by atoms with Gasteiger partial charge in [0, 0.05) is 37.5 Å². The average Bonchev–Trinajstić information content (AvgIpc) is 3.04. The molecule has 1 saturated carbocycles. The van der Waals surface area contributed by atoms with Crippen LogP contribution in [0.2, 0.25) is 4.34 Å². The van der Waals surface area contributed by atoms with E-state index in [-0.39, 0.29) is 24.0 Å². The Hall–Kier alpha value is -0.0100. The number of aliphatic imine (C=N–C) groups is 1. The number of halogens is 2. The number of hydrogen-bond donors (Lipinski definition) is 1. The lowest BCUT2D eigenvalue weighted by atomic mass is 9.68. The minimum atomic E-state index is 0. The fraction of sp³-hybridized carbons (Fsp3) is 0.688. The molecule has 0 amide bonds. The third kappa shape index (κ3) is 4.29. The highest BCUT2D eigenvalue weighted by Gasteiger charge is 2.43. The normalized spacial score (nSPS) is 19.9. The van der Waals surface area contributed by atoms with Gasteiger partial charge >= 0.3 is 0 Å². The lowest BCUT2D eigenvalue weighted by molar-refractivity contribution is 0.151. The zero-order valence-electron chi connectivity index (χ0n) is 13.1. The van der Waals surface area contributed by atoms with Crippen molar-refractivity contribution in [3.05, 3.63) is 21.3 Å². The van der Waals surface area contributed by atoms with Crippen LogP contribution in [0, 0.1) is 5.41 Å². The second-order valence-electron chi connectivity index (χ2n) is 6.22. The summed E-state index contributed by atoms with van der Waals surface area (Å²) in [5.41, 5.74) is 0.622. The van der Waals surface area contributed by atoms with Crippen LogP contribution >= 0.6 is 46.9 Å². The highest BCUT2D eigenvalue weighted by atomic mass is 127. The summed E-state index contributed by atoms with van der Waals surface area (Å²) in [5.74, 6) is 1.10. The first-order valence-corrected chi connectivity index (χ1v) is 9.18. The van der Waals surface area contributed by atoms with Crippen LogP contribution in [0.1, 0.15) is 37.5 Å². The maximum Gasteiger partial charge on any atom is 0.193 e. The molecule has 1 spiro atoms. The maximum atomic E-state index is 5.97. The molecule has 1 aromatic rings. The Labute approximate surface area is 159 Å². The van der Waals surface area contributed by atoms with E-state index < -0.39 is 0 Å². The van der Waals surface area contributed by atoms with E-state index in [9.17, 15) is 0 Å². The van der Waals surface area contributed by atoms with Crippen LogP contribution in [0.4, 0.5) is 0 Å². The lowest BCUT2D eigenvalue weighted by Gasteiger charge is -2.38. The summed E-state index contributed by atoms with van der Waals surface area (Å²) in [4.78, 5) is 8.60. The molecule has 2 fully saturated rings. The largest absolute Gasteiger partial charge is 0.357 e. The average molecular weight is 454 g/mol. The SMILES string of the molecule is CCNC(=NCCc1ccc(Cl)s1)N1CCC2(CCC2)C1.I. The lowest BCUT2D eigenvalue weighted by Crippen LogP contribution is -2.42. The molecule has 124 valence electrons. The molecule has 6 heteroatoms. The van der Waals surface area contributed by atoms with E-state index >= 15 is 0 Å². The molecule has 0 atom stereocenters. The Bertz CT molecular complexity index is 513. The minimum absolute atomic E-state index is 0. The van der Waals surface area contributed by atoms with Crippen LogP contribution in [0.25, 0.3) is 0 Å². The van der Waals surface area contributed by atoms with Gasteiger partial charge in [-0.1, -0.05) is 18.0 Å². The molecular weight excluding hydrogens is 429 g/mol. The third-order valence-electron chi connectivity index (χ3n) is 4.74. The fourth-order valence-corrected chi connectivity index (χ4v) is 4.46. The van der Waals surface area contributed by atoms with Crippen molar-refractivity contribution in [2.75, 3.05) is 26.2 Å². The first-order valence-electron chi connectivity index (χ1n) is 7.98. The summed E-state index contributed by atoms with van der Waals surface area (Å²) in [5, 5.41) is 3.46. The van der Waals surface area contributed by atoms with Gasteiger partial charge in [0.2, 0.25) is 0 Å². The van der Waals surface area contributed by atoms with Gasteiger partial charge in [-0.2, -0.15) is 0 Å². The minimum Gasteiger partial charge on any atom is -0.357 e. The maximum absolute atomic E-state index is 5.97. The highest BCUT2D eigenvalue weighted by molar-refractivity contribution is 14.0. The van der Waals surface area contributed by atoms with Crippen molar-refractivity contribution in [3.63, 3.8) is 0 Å². The van der Waals surface area contributed by atoms with Crippen molar-refractivity contribution < 1.29 is 0 Å².